The van der Waals surface area contributed by atoms with Crippen LogP contribution in [0.1, 0.15) is 22.2 Å². The first-order chi connectivity index (χ1) is 12.1. The number of ether oxygens (including phenoxy) is 2. The Hall–Kier alpha value is -2.67. The summed E-state index contributed by atoms with van der Waals surface area (Å²) in [5, 5.41) is 0. The van der Waals surface area contributed by atoms with Crippen LogP contribution in [0.5, 0.6) is 5.88 Å². The van der Waals surface area contributed by atoms with Crippen molar-refractivity contribution in [3.8, 4) is 5.88 Å². The molecule has 1 aliphatic rings. The Morgan fingerprint density at radius 2 is 2.16 bits per heavy atom. The minimum Gasteiger partial charge on any atom is -0.480 e. The van der Waals surface area contributed by atoms with E-state index in [4.69, 9.17) is 9.47 Å². The summed E-state index contributed by atoms with van der Waals surface area (Å²) in [6.07, 6.45) is 1.36. The zero-order valence-corrected chi connectivity index (χ0v) is 14.7. The van der Waals surface area contributed by atoms with Crippen LogP contribution in [0.25, 0.3) is 0 Å². The molecule has 3 rings (SSSR count). The first-order valence-corrected chi connectivity index (χ1v) is 8.14. The molecule has 0 spiro atoms. The number of carbonyl (C=O) groups excluding carboxylic acids is 1. The predicted octanol–water partition coefficient (Wildman–Crippen LogP) is 1.76. The molecule has 7 nitrogen and oxygen atoms in total. The lowest BCUT2D eigenvalue weighted by Crippen LogP contribution is -2.42. The van der Waals surface area contributed by atoms with Crippen molar-refractivity contribution >= 4 is 11.7 Å². The third-order valence-corrected chi connectivity index (χ3v) is 4.09. The first kappa shape index (κ1) is 17.2. The summed E-state index contributed by atoms with van der Waals surface area (Å²) < 4.78 is 11.1. The number of amides is 1. The Kier molecular flexibility index (Phi) is 5.14. The Balaban J connectivity index is 1.79. The van der Waals surface area contributed by atoms with E-state index in [1.165, 1.54) is 7.11 Å². The highest BCUT2D eigenvalue weighted by Gasteiger charge is 2.28. The van der Waals surface area contributed by atoms with Crippen LogP contribution in [-0.4, -0.2) is 61.7 Å². The Morgan fingerprint density at radius 3 is 2.92 bits per heavy atom. The average Bonchev–Trinajstić information content (AvgIpc) is 2.67. The molecule has 0 bridgehead atoms. The van der Waals surface area contributed by atoms with Gasteiger partial charge in [-0.05, 0) is 24.3 Å². The normalized spacial score (nSPS) is 17.2. The van der Waals surface area contributed by atoms with Crippen molar-refractivity contribution in [1.82, 2.24) is 14.9 Å². The third-order valence-electron chi connectivity index (χ3n) is 4.09. The number of nitrogens with zero attached hydrogens (tertiary/aromatic N) is 4. The van der Waals surface area contributed by atoms with Gasteiger partial charge in [-0.3, -0.25) is 4.79 Å². The largest absolute Gasteiger partial charge is 0.480 e. The number of methoxy groups -OCH3 is 1. The van der Waals surface area contributed by atoms with Crippen LogP contribution in [0, 0.1) is 0 Å². The number of morpholine rings is 1. The molecule has 1 atom stereocenters. The SMILES string of the molecule is COc1ncccc1C(=O)N1CCO[C@H](c2cccc(N(C)C)n2)C1. The van der Waals surface area contributed by atoms with Crippen molar-refractivity contribution in [3.05, 3.63) is 47.8 Å². The lowest BCUT2D eigenvalue weighted by atomic mass is 10.1. The van der Waals surface area contributed by atoms with Crippen molar-refractivity contribution in [2.45, 2.75) is 6.10 Å². The molecule has 0 aliphatic carbocycles. The van der Waals surface area contributed by atoms with Crippen LogP contribution in [0.15, 0.2) is 36.5 Å². The number of pyridine rings is 2. The molecule has 1 saturated heterocycles. The van der Waals surface area contributed by atoms with Gasteiger partial charge in [-0.2, -0.15) is 0 Å². The predicted molar refractivity (Wildman–Crippen MR) is 93.9 cm³/mol. The molecule has 7 heteroatoms. The van der Waals surface area contributed by atoms with Crippen molar-refractivity contribution in [1.29, 1.82) is 0 Å². The van der Waals surface area contributed by atoms with E-state index in [9.17, 15) is 4.79 Å². The number of carbonyl (C=O) groups is 1. The summed E-state index contributed by atoms with van der Waals surface area (Å²) in [5.41, 5.74) is 1.28. The summed E-state index contributed by atoms with van der Waals surface area (Å²) in [6, 6.07) is 9.28. The van der Waals surface area contributed by atoms with Gasteiger partial charge < -0.3 is 19.3 Å². The summed E-state index contributed by atoms with van der Waals surface area (Å²) in [7, 11) is 5.40. The fraction of sp³-hybridized carbons (Fsp3) is 0.389. The number of aromatic nitrogens is 2. The van der Waals surface area contributed by atoms with E-state index in [0.717, 1.165) is 11.5 Å². The molecular weight excluding hydrogens is 320 g/mol. The zero-order chi connectivity index (χ0) is 17.8. The molecule has 0 unspecified atom stereocenters. The molecule has 2 aromatic rings. The highest BCUT2D eigenvalue weighted by Crippen LogP contribution is 2.25. The molecule has 25 heavy (non-hydrogen) atoms. The molecule has 3 heterocycles. The highest BCUT2D eigenvalue weighted by molar-refractivity contribution is 5.96. The van der Waals surface area contributed by atoms with Gasteiger partial charge >= 0.3 is 0 Å². The summed E-state index contributed by atoms with van der Waals surface area (Å²) in [4.78, 5) is 25.3. The van der Waals surface area contributed by atoms with Crippen LogP contribution >= 0.6 is 0 Å². The molecule has 0 saturated carbocycles. The first-order valence-electron chi connectivity index (χ1n) is 8.14. The second-order valence-corrected chi connectivity index (χ2v) is 5.99. The Bertz CT molecular complexity index is 751. The highest BCUT2D eigenvalue weighted by atomic mass is 16.5. The standard InChI is InChI=1S/C18H22N4O3/c1-21(2)16-8-4-7-14(20-16)15-12-22(10-11-25-15)18(23)13-6-5-9-19-17(13)24-3/h4-9,15H,10-12H2,1-3H3/t15-/m0/s1. The average molecular weight is 342 g/mol. The van der Waals surface area contributed by atoms with Gasteiger partial charge in [0, 0.05) is 26.8 Å². The van der Waals surface area contributed by atoms with Gasteiger partial charge in [0.05, 0.1) is 26.0 Å². The Labute approximate surface area is 147 Å². The molecule has 1 aliphatic heterocycles. The van der Waals surface area contributed by atoms with E-state index in [0.29, 0.717) is 31.1 Å². The van der Waals surface area contributed by atoms with Crippen LogP contribution in [0.2, 0.25) is 0 Å². The van der Waals surface area contributed by atoms with Gasteiger partial charge in [0.15, 0.2) is 0 Å². The minimum atomic E-state index is -0.250. The van der Waals surface area contributed by atoms with Crippen LogP contribution in [-0.2, 0) is 4.74 Å². The second kappa shape index (κ2) is 7.48. The number of hydrogen-bond acceptors (Lipinski definition) is 6. The maximum atomic E-state index is 12.9. The monoisotopic (exact) mass is 342 g/mol. The van der Waals surface area contributed by atoms with Gasteiger partial charge in [0.25, 0.3) is 5.91 Å². The second-order valence-electron chi connectivity index (χ2n) is 5.99. The van der Waals surface area contributed by atoms with Gasteiger partial charge in [0.2, 0.25) is 5.88 Å². The Morgan fingerprint density at radius 1 is 1.32 bits per heavy atom. The maximum Gasteiger partial charge on any atom is 0.259 e. The molecule has 0 radical (unpaired) electrons. The van der Waals surface area contributed by atoms with E-state index in [1.54, 1.807) is 23.2 Å². The van der Waals surface area contributed by atoms with E-state index in [-0.39, 0.29) is 12.0 Å². The summed E-state index contributed by atoms with van der Waals surface area (Å²) in [6.45, 7) is 1.44. The van der Waals surface area contributed by atoms with Gasteiger partial charge in [0.1, 0.15) is 17.5 Å². The van der Waals surface area contributed by atoms with Gasteiger partial charge in [-0.15, -0.1) is 0 Å². The van der Waals surface area contributed by atoms with Crippen molar-refractivity contribution in [3.63, 3.8) is 0 Å². The summed E-state index contributed by atoms with van der Waals surface area (Å²) >= 11 is 0. The van der Waals surface area contributed by atoms with Gasteiger partial charge in [-0.1, -0.05) is 6.07 Å². The lowest BCUT2D eigenvalue weighted by molar-refractivity contribution is -0.0247. The van der Waals surface area contributed by atoms with Crippen molar-refractivity contribution < 1.29 is 14.3 Å². The molecule has 1 amide bonds. The topological polar surface area (TPSA) is 67.8 Å². The molecule has 2 aromatic heterocycles. The molecule has 0 aromatic carbocycles. The lowest BCUT2D eigenvalue weighted by Gasteiger charge is -2.33. The van der Waals surface area contributed by atoms with Crippen molar-refractivity contribution in [2.75, 3.05) is 45.8 Å². The summed E-state index contributed by atoms with van der Waals surface area (Å²) in [5.74, 6) is 1.09. The maximum absolute atomic E-state index is 12.9. The van der Waals surface area contributed by atoms with E-state index in [2.05, 4.69) is 9.97 Å². The smallest absolute Gasteiger partial charge is 0.259 e. The number of hydrogen-bond donors (Lipinski definition) is 0. The van der Waals surface area contributed by atoms with Crippen LogP contribution < -0.4 is 9.64 Å². The molecule has 1 fully saturated rings. The van der Waals surface area contributed by atoms with E-state index >= 15 is 0 Å². The molecular formula is C18H22N4O3. The molecule has 0 N–H and O–H groups in total. The van der Waals surface area contributed by atoms with E-state index < -0.39 is 0 Å². The number of rotatable bonds is 4. The van der Waals surface area contributed by atoms with Crippen LogP contribution in [0.3, 0.4) is 0 Å². The molecule has 132 valence electrons. The number of anilines is 1. The van der Waals surface area contributed by atoms with Crippen molar-refractivity contribution in [2.24, 2.45) is 0 Å². The zero-order valence-electron chi connectivity index (χ0n) is 14.7. The fourth-order valence-electron chi connectivity index (χ4n) is 2.77. The van der Waals surface area contributed by atoms with Crippen LogP contribution in [0.4, 0.5) is 5.82 Å². The van der Waals surface area contributed by atoms with E-state index in [1.807, 2.05) is 37.2 Å². The fourth-order valence-corrected chi connectivity index (χ4v) is 2.77. The quantitative estimate of drug-likeness (QED) is 0.843. The van der Waals surface area contributed by atoms with Gasteiger partial charge in [-0.25, -0.2) is 9.97 Å². The minimum absolute atomic E-state index is 0.109. The third kappa shape index (κ3) is 3.71.